The van der Waals surface area contributed by atoms with E-state index < -0.39 is 6.10 Å². The van der Waals surface area contributed by atoms with Gasteiger partial charge in [-0.3, -0.25) is 5.10 Å². The Kier molecular flexibility index (Phi) is 2.69. The highest BCUT2D eigenvalue weighted by atomic mass is 16.5. The second-order valence-corrected chi connectivity index (χ2v) is 3.19. The first-order chi connectivity index (χ1) is 7.31. The van der Waals surface area contributed by atoms with E-state index in [9.17, 15) is 5.11 Å². The third-order valence-electron chi connectivity index (χ3n) is 2.25. The Morgan fingerprint density at radius 2 is 2.00 bits per heavy atom. The van der Waals surface area contributed by atoms with Gasteiger partial charge in [-0.05, 0) is 23.8 Å². The molecule has 0 saturated heterocycles. The molecule has 78 valence electrons. The Labute approximate surface area is 87.5 Å². The van der Waals surface area contributed by atoms with Crippen LogP contribution in [-0.2, 0) is 0 Å². The Morgan fingerprint density at radius 3 is 2.53 bits per heavy atom. The van der Waals surface area contributed by atoms with Crippen LogP contribution < -0.4 is 4.74 Å². The van der Waals surface area contributed by atoms with Gasteiger partial charge in [0.2, 0.25) is 0 Å². The number of rotatable bonds is 3. The minimum atomic E-state index is -0.668. The highest BCUT2D eigenvalue weighted by molar-refractivity contribution is 5.31. The second kappa shape index (κ2) is 4.14. The zero-order chi connectivity index (χ0) is 10.7. The van der Waals surface area contributed by atoms with Gasteiger partial charge in [0.1, 0.15) is 11.9 Å². The van der Waals surface area contributed by atoms with Crippen molar-refractivity contribution in [2.45, 2.75) is 6.10 Å². The summed E-state index contributed by atoms with van der Waals surface area (Å²) in [4.78, 5) is 0. The Morgan fingerprint density at radius 1 is 1.27 bits per heavy atom. The number of nitrogens with zero attached hydrogens (tertiary/aromatic N) is 1. The molecule has 0 aliphatic carbocycles. The van der Waals surface area contributed by atoms with Gasteiger partial charge in [0.05, 0.1) is 12.8 Å². The summed E-state index contributed by atoms with van der Waals surface area (Å²) in [5, 5.41) is 16.5. The third kappa shape index (κ3) is 1.99. The number of hydrogen-bond acceptors (Lipinski definition) is 3. The standard InChI is InChI=1S/C11H12N2O2/c1-15-9-4-2-8(3-5-9)11(14)10-6-7-12-13-10/h2-7,11,14H,1H3,(H,12,13). The summed E-state index contributed by atoms with van der Waals surface area (Å²) in [5.41, 5.74) is 1.49. The molecule has 1 unspecified atom stereocenters. The van der Waals surface area contributed by atoms with E-state index in [4.69, 9.17) is 4.74 Å². The number of nitrogens with one attached hydrogen (secondary N) is 1. The van der Waals surface area contributed by atoms with E-state index in [-0.39, 0.29) is 0 Å². The van der Waals surface area contributed by atoms with Crippen LogP contribution in [0.4, 0.5) is 0 Å². The molecule has 1 aromatic heterocycles. The number of aromatic amines is 1. The van der Waals surface area contributed by atoms with Crippen LogP contribution in [0, 0.1) is 0 Å². The summed E-state index contributed by atoms with van der Waals surface area (Å²) in [5.74, 6) is 0.774. The van der Waals surface area contributed by atoms with Gasteiger partial charge in [-0.2, -0.15) is 5.10 Å². The van der Waals surface area contributed by atoms with Crippen LogP contribution in [0.25, 0.3) is 0 Å². The lowest BCUT2D eigenvalue weighted by Gasteiger charge is -2.09. The molecule has 0 spiro atoms. The molecule has 15 heavy (non-hydrogen) atoms. The highest BCUT2D eigenvalue weighted by Crippen LogP contribution is 2.21. The van der Waals surface area contributed by atoms with Crippen LogP contribution in [0.15, 0.2) is 36.5 Å². The maximum atomic E-state index is 9.93. The van der Waals surface area contributed by atoms with Gasteiger partial charge in [-0.1, -0.05) is 12.1 Å². The minimum Gasteiger partial charge on any atom is -0.497 e. The lowest BCUT2D eigenvalue weighted by atomic mass is 10.1. The normalized spacial score (nSPS) is 12.4. The molecular weight excluding hydrogens is 192 g/mol. The summed E-state index contributed by atoms with van der Waals surface area (Å²) in [6, 6.07) is 9.02. The van der Waals surface area contributed by atoms with Crippen LogP contribution in [0.3, 0.4) is 0 Å². The summed E-state index contributed by atoms with van der Waals surface area (Å²) in [6.45, 7) is 0. The molecule has 4 heteroatoms. The molecular formula is C11H12N2O2. The number of hydrogen-bond donors (Lipinski definition) is 2. The fourth-order valence-corrected chi connectivity index (χ4v) is 1.38. The van der Waals surface area contributed by atoms with Crippen molar-refractivity contribution in [2.75, 3.05) is 7.11 Å². The van der Waals surface area contributed by atoms with E-state index in [0.717, 1.165) is 11.3 Å². The van der Waals surface area contributed by atoms with Crippen LogP contribution in [-0.4, -0.2) is 22.4 Å². The van der Waals surface area contributed by atoms with E-state index in [1.165, 1.54) is 0 Å². The molecule has 0 fully saturated rings. The summed E-state index contributed by atoms with van der Waals surface area (Å²) < 4.78 is 5.04. The predicted octanol–water partition coefficient (Wildman–Crippen LogP) is 1.50. The number of methoxy groups -OCH3 is 1. The molecule has 0 aliphatic heterocycles. The quantitative estimate of drug-likeness (QED) is 0.796. The Balaban J connectivity index is 2.22. The van der Waals surface area contributed by atoms with E-state index in [1.54, 1.807) is 19.4 Å². The van der Waals surface area contributed by atoms with Crippen molar-refractivity contribution in [1.29, 1.82) is 0 Å². The second-order valence-electron chi connectivity index (χ2n) is 3.19. The average molecular weight is 204 g/mol. The van der Waals surface area contributed by atoms with Crippen molar-refractivity contribution in [3.8, 4) is 5.75 Å². The fourth-order valence-electron chi connectivity index (χ4n) is 1.38. The average Bonchev–Trinajstić information content (AvgIpc) is 2.82. The van der Waals surface area contributed by atoms with Crippen molar-refractivity contribution in [1.82, 2.24) is 10.2 Å². The lowest BCUT2D eigenvalue weighted by Crippen LogP contribution is -1.99. The molecule has 0 amide bonds. The number of aliphatic hydroxyl groups is 1. The molecule has 1 heterocycles. The van der Waals surface area contributed by atoms with Gasteiger partial charge in [-0.15, -0.1) is 0 Å². The molecule has 2 rings (SSSR count). The maximum absolute atomic E-state index is 9.93. The summed E-state index contributed by atoms with van der Waals surface area (Å²) in [6.07, 6.45) is 0.945. The third-order valence-corrected chi connectivity index (χ3v) is 2.25. The number of aromatic nitrogens is 2. The van der Waals surface area contributed by atoms with Gasteiger partial charge in [-0.25, -0.2) is 0 Å². The molecule has 2 N–H and O–H groups in total. The van der Waals surface area contributed by atoms with Crippen molar-refractivity contribution in [3.05, 3.63) is 47.8 Å². The van der Waals surface area contributed by atoms with Gasteiger partial charge in [0.25, 0.3) is 0 Å². The van der Waals surface area contributed by atoms with Crippen molar-refractivity contribution in [3.63, 3.8) is 0 Å². The molecule has 1 atom stereocenters. The van der Waals surface area contributed by atoms with Crippen molar-refractivity contribution < 1.29 is 9.84 Å². The van der Waals surface area contributed by atoms with Gasteiger partial charge in [0, 0.05) is 6.20 Å². The van der Waals surface area contributed by atoms with E-state index in [2.05, 4.69) is 10.2 Å². The van der Waals surface area contributed by atoms with Gasteiger partial charge in [0.15, 0.2) is 0 Å². The Bertz CT molecular complexity index is 409. The summed E-state index contributed by atoms with van der Waals surface area (Å²) >= 11 is 0. The monoisotopic (exact) mass is 204 g/mol. The van der Waals surface area contributed by atoms with Gasteiger partial charge < -0.3 is 9.84 Å². The van der Waals surface area contributed by atoms with Crippen molar-refractivity contribution >= 4 is 0 Å². The predicted molar refractivity (Wildman–Crippen MR) is 55.6 cm³/mol. The smallest absolute Gasteiger partial charge is 0.120 e. The lowest BCUT2D eigenvalue weighted by molar-refractivity contribution is 0.215. The van der Waals surface area contributed by atoms with Crippen molar-refractivity contribution in [2.24, 2.45) is 0 Å². The van der Waals surface area contributed by atoms with E-state index in [1.807, 2.05) is 24.3 Å². The van der Waals surface area contributed by atoms with E-state index >= 15 is 0 Å². The largest absolute Gasteiger partial charge is 0.497 e. The van der Waals surface area contributed by atoms with Gasteiger partial charge >= 0.3 is 0 Å². The first kappa shape index (κ1) is 9.73. The number of aliphatic hydroxyl groups excluding tert-OH is 1. The van der Waals surface area contributed by atoms with Crippen LogP contribution in [0.1, 0.15) is 17.4 Å². The molecule has 0 aliphatic rings. The number of benzene rings is 1. The van der Waals surface area contributed by atoms with E-state index in [0.29, 0.717) is 5.69 Å². The SMILES string of the molecule is COc1ccc(C(O)c2ccn[nH]2)cc1. The molecule has 4 nitrogen and oxygen atoms in total. The number of ether oxygens (including phenoxy) is 1. The molecule has 0 bridgehead atoms. The minimum absolute atomic E-state index is 0.668. The van der Waals surface area contributed by atoms with Crippen LogP contribution >= 0.6 is 0 Å². The molecule has 0 radical (unpaired) electrons. The maximum Gasteiger partial charge on any atom is 0.120 e. The summed E-state index contributed by atoms with van der Waals surface area (Å²) in [7, 11) is 1.61. The van der Waals surface area contributed by atoms with Crippen LogP contribution in [0.5, 0.6) is 5.75 Å². The zero-order valence-electron chi connectivity index (χ0n) is 8.34. The highest BCUT2D eigenvalue weighted by Gasteiger charge is 2.10. The zero-order valence-corrected chi connectivity index (χ0v) is 8.34. The fraction of sp³-hybridized carbons (Fsp3) is 0.182. The molecule has 0 saturated carbocycles. The molecule has 2 aromatic rings. The molecule has 1 aromatic carbocycles. The topological polar surface area (TPSA) is 58.1 Å². The number of H-pyrrole nitrogens is 1. The Hall–Kier alpha value is -1.81. The first-order valence-electron chi connectivity index (χ1n) is 4.62. The first-order valence-corrected chi connectivity index (χ1v) is 4.62. The van der Waals surface area contributed by atoms with Crippen LogP contribution in [0.2, 0.25) is 0 Å².